The zero-order valence-electron chi connectivity index (χ0n) is 12.7. The lowest BCUT2D eigenvalue weighted by Gasteiger charge is -2.10. The number of hydrogen-bond donors (Lipinski definition) is 3. The van der Waals surface area contributed by atoms with E-state index < -0.39 is 0 Å². The van der Waals surface area contributed by atoms with Gasteiger partial charge in [-0.3, -0.25) is 0 Å². The first-order chi connectivity index (χ1) is 10.6. The first-order valence-corrected chi connectivity index (χ1v) is 7.23. The summed E-state index contributed by atoms with van der Waals surface area (Å²) in [6, 6.07) is 5.24. The standard InChI is InChI=1S/C15H20N4O3/c1-3-13-18-14(22-19-13)11-6-5-10(2)12(9-11)17-15(21)16-7-4-8-20/h5-6,9,20H,3-4,7-8H2,1-2H3,(H2,16,17,21). The number of aromatic nitrogens is 2. The quantitative estimate of drug-likeness (QED) is 0.710. The lowest BCUT2D eigenvalue weighted by molar-refractivity contribution is 0.249. The van der Waals surface area contributed by atoms with E-state index in [0.717, 1.165) is 11.1 Å². The number of aliphatic hydroxyl groups excluding tert-OH is 1. The van der Waals surface area contributed by atoms with Gasteiger partial charge in [0.05, 0.1) is 0 Å². The molecule has 0 bridgehead atoms. The Morgan fingerprint density at radius 1 is 1.41 bits per heavy atom. The van der Waals surface area contributed by atoms with Gasteiger partial charge in [-0.05, 0) is 31.0 Å². The molecule has 2 aromatic rings. The zero-order valence-corrected chi connectivity index (χ0v) is 12.7. The minimum Gasteiger partial charge on any atom is -0.396 e. The topological polar surface area (TPSA) is 100 Å². The predicted molar refractivity (Wildman–Crippen MR) is 82.6 cm³/mol. The lowest BCUT2D eigenvalue weighted by atomic mass is 10.1. The number of nitrogens with one attached hydrogen (secondary N) is 2. The number of amides is 2. The average Bonchev–Trinajstić information content (AvgIpc) is 2.99. The smallest absolute Gasteiger partial charge is 0.319 e. The molecule has 2 amide bonds. The van der Waals surface area contributed by atoms with Crippen LogP contribution in [0.2, 0.25) is 0 Å². The second-order valence-electron chi connectivity index (χ2n) is 4.86. The Hall–Kier alpha value is -2.41. The van der Waals surface area contributed by atoms with Crippen LogP contribution >= 0.6 is 0 Å². The molecule has 7 nitrogen and oxygen atoms in total. The van der Waals surface area contributed by atoms with Crippen molar-refractivity contribution in [3.8, 4) is 11.5 Å². The molecule has 1 heterocycles. The van der Waals surface area contributed by atoms with Crippen molar-refractivity contribution in [3.63, 3.8) is 0 Å². The van der Waals surface area contributed by atoms with Crippen molar-refractivity contribution in [2.75, 3.05) is 18.5 Å². The largest absolute Gasteiger partial charge is 0.396 e. The molecule has 22 heavy (non-hydrogen) atoms. The highest BCUT2D eigenvalue weighted by molar-refractivity contribution is 5.90. The summed E-state index contributed by atoms with van der Waals surface area (Å²) in [5, 5.41) is 18.0. The molecule has 0 aliphatic rings. The van der Waals surface area contributed by atoms with Gasteiger partial charge in [-0.1, -0.05) is 18.1 Å². The van der Waals surface area contributed by atoms with Gasteiger partial charge >= 0.3 is 6.03 Å². The van der Waals surface area contributed by atoms with Gasteiger partial charge in [0.15, 0.2) is 5.82 Å². The van der Waals surface area contributed by atoms with Crippen LogP contribution in [0.3, 0.4) is 0 Å². The van der Waals surface area contributed by atoms with E-state index in [1.54, 1.807) is 6.07 Å². The normalized spacial score (nSPS) is 10.5. The molecule has 1 aromatic heterocycles. The fraction of sp³-hybridized carbons (Fsp3) is 0.400. The number of carbonyl (C=O) groups excluding carboxylic acids is 1. The molecule has 0 aliphatic carbocycles. The maximum atomic E-state index is 11.8. The van der Waals surface area contributed by atoms with Gasteiger partial charge in [-0.15, -0.1) is 0 Å². The molecule has 0 saturated carbocycles. The van der Waals surface area contributed by atoms with Crippen molar-refractivity contribution in [1.29, 1.82) is 0 Å². The molecule has 0 fully saturated rings. The van der Waals surface area contributed by atoms with Crippen molar-refractivity contribution in [2.45, 2.75) is 26.7 Å². The highest BCUT2D eigenvalue weighted by atomic mass is 16.5. The maximum absolute atomic E-state index is 11.8. The molecule has 2 rings (SSSR count). The predicted octanol–water partition coefficient (Wildman–Crippen LogP) is 2.11. The van der Waals surface area contributed by atoms with E-state index in [4.69, 9.17) is 9.63 Å². The van der Waals surface area contributed by atoms with Gasteiger partial charge in [0.1, 0.15) is 0 Å². The summed E-state index contributed by atoms with van der Waals surface area (Å²) in [6.07, 6.45) is 1.22. The number of anilines is 1. The van der Waals surface area contributed by atoms with Gasteiger partial charge in [0.25, 0.3) is 5.89 Å². The number of carbonyl (C=O) groups is 1. The third-order valence-electron chi connectivity index (χ3n) is 3.14. The molecule has 0 unspecified atom stereocenters. The van der Waals surface area contributed by atoms with Crippen LogP contribution in [-0.4, -0.2) is 34.4 Å². The Labute approximate surface area is 128 Å². The second-order valence-corrected chi connectivity index (χ2v) is 4.86. The van der Waals surface area contributed by atoms with Crippen LogP contribution in [0.25, 0.3) is 11.5 Å². The number of benzene rings is 1. The molecule has 0 aliphatic heterocycles. The summed E-state index contributed by atoms with van der Waals surface area (Å²) in [7, 11) is 0. The highest BCUT2D eigenvalue weighted by Crippen LogP contribution is 2.24. The second kappa shape index (κ2) is 7.56. The molecule has 0 radical (unpaired) electrons. The monoisotopic (exact) mass is 304 g/mol. The first-order valence-electron chi connectivity index (χ1n) is 7.23. The summed E-state index contributed by atoms with van der Waals surface area (Å²) in [6.45, 7) is 4.32. The molecule has 3 N–H and O–H groups in total. The van der Waals surface area contributed by atoms with Gasteiger partial charge in [-0.25, -0.2) is 4.79 Å². The number of hydrogen-bond acceptors (Lipinski definition) is 5. The Bertz CT molecular complexity index is 639. The van der Waals surface area contributed by atoms with E-state index in [0.29, 0.717) is 36.8 Å². The van der Waals surface area contributed by atoms with E-state index in [9.17, 15) is 4.79 Å². The lowest BCUT2D eigenvalue weighted by Crippen LogP contribution is -2.30. The van der Waals surface area contributed by atoms with Crippen LogP contribution in [0, 0.1) is 6.92 Å². The maximum Gasteiger partial charge on any atom is 0.319 e. The van der Waals surface area contributed by atoms with Crippen LogP contribution in [-0.2, 0) is 6.42 Å². The van der Waals surface area contributed by atoms with Crippen LogP contribution in [0.5, 0.6) is 0 Å². The van der Waals surface area contributed by atoms with E-state index in [-0.39, 0.29) is 12.6 Å². The molecular weight excluding hydrogens is 284 g/mol. The number of urea groups is 1. The van der Waals surface area contributed by atoms with E-state index in [1.807, 2.05) is 26.0 Å². The summed E-state index contributed by atoms with van der Waals surface area (Å²) in [5.41, 5.74) is 2.36. The van der Waals surface area contributed by atoms with E-state index >= 15 is 0 Å². The Kier molecular flexibility index (Phi) is 5.48. The Balaban J connectivity index is 2.11. The summed E-state index contributed by atoms with van der Waals surface area (Å²) < 4.78 is 5.20. The van der Waals surface area contributed by atoms with Crippen LogP contribution in [0.15, 0.2) is 22.7 Å². The number of nitrogens with zero attached hydrogens (tertiary/aromatic N) is 2. The van der Waals surface area contributed by atoms with Crippen LogP contribution in [0.4, 0.5) is 10.5 Å². The SMILES string of the molecule is CCc1noc(-c2ccc(C)c(NC(=O)NCCCO)c2)n1. The fourth-order valence-electron chi connectivity index (χ4n) is 1.85. The summed E-state index contributed by atoms with van der Waals surface area (Å²) in [5.74, 6) is 1.08. The Morgan fingerprint density at radius 3 is 2.91 bits per heavy atom. The minimum atomic E-state index is -0.312. The third kappa shape index (κ3) is 4.05. The van der Waals surface area contributed by atoms with Crippen molar-refractivity contribution in [3.05, 3.63) is 29.6 Å². The average molecular weight is 304 g/mol. The minimum absolute atomic E-state index is 0.0473. The molecule has 0 atom stereocenters. The van der Waals surface area contributed by atoms with Gasteiger partial charge in [0.2, 0.25) is 0 Å². The number of aliphatic hydroxyl groups is 1. The van der Waals surface area contributed by atoms with Crippen molar-refractivity contribution >= 4 is 11.7 Å². The van der Waals surface area contributed by atoms with E-state index in [2.05, 4.69) is 20.8 Å². The van der Waals surface area contributed by atoms with Gasteiger partial charge in [0, 0.05) is 30.8 Å². The van der Waals surface area contributed by atoms with Crippen molar-refractivity contribution in [1.82, 2.24) is 15.5 Å². The molecule has 1 aromatic carbocycles. The van der Waals surface area contributed by atoms with Crippen LogP contribution < -0.4 is 10.6 Å². The fourth-order valence-corrected chi connectivity index (χ4v) is 1.85. The highest BCUT2D eigenvalue weighted by Gasteiger charge is 2.11. The summed E-state index contributed by atoms with van der Waals surface area (Å²) >= 11 is 0. The Morgan fingerprint density at radius 2 is 2.23 bits per heavy atom. The molecule has 7 heteroatoms. The van der Waals surface area contributed by atoms with Crippen molar-refractivity contribution < 1.29 is 14.4 Å². The molecule has 0 spiro atoms. The van der Waals surface area contributed by atoms with Crippen LogP contribution in [0.1, 0.15) is 24.7 Å². The first kappa shape index (κ1) is 16.0. The van der Waals surface area contributed by atoms with Gasteiger partial charge in [-0.2, -0.15) is 4.98 Å². The number of aryl methyl sites for hydroxylation is 2. The zero-order chi connectivity index (χ0) is 15.9. The number of rotatable bonds is 6. The molecule has 118 valence electrons. The summed E-state index contributed by atoms with van der Waals surface area (Å²) in [4.78, 5) is 16.1. The third-order valence-corrected chi connectivity index (χ3v) is 3.14. The van der Waals surface area contributed by atoms with E-state index in [1.165, 1.54) is 0 Å². The van der Waals surface area contributed by atoms with Crippen molar-refractivity contribution in [2.24, 2.45) is 0 Å². The van der Waals surface area contributed by atoms with Gasteiger partial charge < -0.3 is 20.3 Å². The molecular formula is C15H20N4O3. The molecule has 0 saturated heterocycles.